The zero-order valence-corrected chi connectivity index (χ0v) is 12.3. The van der Waals surface area contributed by atoms with Crippen LogP contribution in [-0.2, 0) is 0 Å². The van der Waals surface area contributed by atoms with Crippen LogP contribution in [0.5, 0.6) is 0 Å². The van der Waals surface area contributed by atoms with Crippen LogP contribution in [0.15, 0.2) is 22.7 Å². The van der Waals surface area contributed by atoms with E-state index in [1.165, 1.54) is 0 Å². The van der Waals surface area contributed by atoms with Crippen molar-refractivity contribution < 1.29 is 13.2 Å². The van der Waals surface area contributed by atoms with E-state index in [1.807, 2.05) is 25.1 Å². The van der Waals surface area contributed by atoms with E-state index in [-0.39, 0.29) is 6.42 Å². The van der Waals surface area contributed by atoms with Crippen molar-refractivity contribution in [2.75, 3.05) is 5.32 Å². The average Bonchev–Trinajstić information content (AvgIpc) is 2.33. The molecular formula is C14H17BrF3N. The summed E-state index contributed by atoms with van der Waals surface area (Å²) in [5.41, 5.74) is 1.78. The Kier molecular flexibility index (Phi) is 4.43. The van der Waals surface area contributed by atoms with Crippen LogP contribution >= 0.6 is 15.9 Å². The van der Waals surface area contributed by atoms with E-state index in [2.05, 4.69) is 21.2 Å². The summed E-state index contributed by atoms with van der Waals surface area (Å²) >= 11 is 3.38. The first-order valence-electron chi connectivity index (χ1n) is 6.47. The first-order valence-corrected chi connectivity index (χ1v) is 7.26. The van der Waals surface area contributed by atoms with E-state index in [9.17, 15) is 13.2 Å². The molecule has 0 aromatic heterocycles. The normalized spacial score (nSPS) is 24.3. The zero-order chi connectivity index (χ0) is 14.0. The molecule has 2 atom stereocenters. The topological polar surface area (TPSA) is 12.0 Å². The standard InChI is InChI=1S/C14H17BrF3N/c1-9-6-7-11(15)13(8-9)19-12-5-3-2-4-10(12)14(16,17)18/h6-8,10,12,19H,2-5H2,1H3. The summed E-state index contributed by atoms with van der Waals surface area (Å²) in [6.45, 7) is 1.93. The van der Waals surface area contributed by atoms with Crippen molar-refractivity contribution in [2.45, 2.75) is 44.8 Å². The number of benzene rings is 1. The molecule has 1 N–H and O–H groups in total. The highest BCUT2D eigenvalue weighted by Gasteiger charge is 2.45. The van der Waals surface area contributed by atoms with E-state index >= 15 is 0 Å². The number of hydrogen-bond acceptors (Lipinski definition) is 1. The SMILES string of the molecule is Cc1ccc(Br)c(NC2CCCCC2C(F)(F)F)c1. The third-order valence-corrected chi connectivity index (χ3v) is 4.34. The van der Waals surface area contributed by atoms with Crippen LogP contribution in [0.3, 0.4) is 0 Å². The van der Waals surface area contributed by atoms with Crippen LogP contribution in [0.4, 0.5) is 18.9 Å². The monoisotopic (exact) mass is 335 g/mol. The van der Waals surface area contributed by atoms with Crippen LogP contribution in [0, 0.1) is 12.8 Å². The van der Waals surface area contributed by atoms with Gasteiger partial charge in [-0.1, -0.05) is 18.9 Å². The first kappa shape index (κ1) is 14.7. The van der Waals surface area contributed by atoms with Crippen molar-refractivity contribution in [3.8, 4) is 0 Å². The number of anilines is 1. The van der Waals surface area contributed by atoms with Crippen LogP contribution in [-0.4, -0.2) is 12.2 Å². The third-order valence-electron chi connectivity index (χ3n) is 3.65. The zero-order valence-electron chi connectivity index (χ0n) is 10.7. The van der Waals surface area contributed by atoms with Gasteiger partial charge in [-0.15, -0.1) is 0 Å². The Balaban J connectivity index is 2.17. The number of aryl methyl sites for hydroxylation is 1. The minimum absolute atomic E-state index is 0.227. The molecule has 19 heavy (non-hydrogen) atoms. The highest BCUT2D eigenvalue weighted by molar-refractivity contribution is 9.10. The van der Waals surface area contributed by atoms with Crippen molar-refractivity contribution in [2.24, 2.45) is 5.92 Å². The lowest BCUT2D eigenvalue weighted by molar-refractivity contribution is -0.184. The summed E-state index contributed by atoms with van der Waals surface area (Å²) in [4.78, 5) is 0. The highest BCUT2D eigenvalue weighted by Crippen LogP contribution is 2.39. The van der Waals surface area contributed by atoms with Crippen LogP contribution in [0.25, 0.3) is 0 Å². The maximum atomic E-state index is 13.0. The molecule has 1 aliphatic rings. The second-order valence-electron chi connectivity index (χ2n) is 5.17. The quantitative estimate of drug-likeness (QED) is 0.774. The molecular weight excluding hydrogens is 319 g/mol. The van der Waals surface area contributed by atoms with Gasteiger partial charge >= 0.3 is 6.18 Å². The number of hydrogen-bond donors (Lipinski definition) is 1. The molecule has 2 unspecified atom stereocenters. The predicted octanol–water partition coefficient (Wildman–Crippen LogP) is 5.29. The summed E-state index contributed by atoms with van der Waals surface area (Å²) in [7, 11) is 0. The van der Waals surface area contributed by atoms with E-state index in [4.69, 9.17) is 0 Å². The Hall–Kier alpha value is -0.710. The van der Waals surface area contributed by atoms with Gasteiger partial charge < -0.3 is 5.32 Å². The van der Waals surface area contributed by atoms with E-state index in [1.54, 1.807) is 0 Å². The van der Waals surface area contributed by atoms with Gasteiger partial charge in [0.25, 0.3) is 0 Å². The van der Waals surface area contributed by atoms with Gasteiger partial charge in [0.15, 0.2) is 0 Å². The number of alkyl halides is 3. The minimum Gasteiger partial charge on any atom is -0.381 e. The third kappa shape index (κ3) is 3.65. The Morgan fingerprint density at radius 3 is 2.58 bits per heavy atom. The lowest BCUT2D eigenvalue weighted by atomic mass is 9.84. The molecule has 106 valence electrons. The molecule has 1 saturated carbocycles. The Labute approximate surface area is 119 Å². The van der Waals surface area contributed by atoms with E-state index in [0.29, 0.717) is 12.8 Å². The lowest BCUT2D eigenvalue weighted by Crippen LogP contribution is -2.41. The Morgan fingerprint density at radius 1 is 1.21 bits per heavy atom. The smallest absolute Gasteiger partial charge is 0.381 e. The van der Waals surface area contributed by atoms with Crippen molar-refractivity contribution in [3.63, 3.8) is 0 Å². The van der Waals surface area contributed by atoms with Gasteiger partial charge in [-0.25, -0.2) is 0 Å². The molecule has 5 heteroatoms. The summed E-state index contributed by atoms with van der Waals surface area (Å²) in [5, 5.41) is 3.08. The number of rotatable bonds is 2. The fraction of sp³-hybridized carbons (Fsp3) is 0.571. The second-order valence-corrected chi connectivity index (χ2v) is 6.02. The average molecular weight is 336 g/mol. The molecule has 0 radical (unpaired) electrons. The van der Waals surface area contributed by atoms with Crippen LogP contribution in [0.2, 0.25) is 0 Å². The van der Waals surface area contributed by atoms with Gasteiger partial charge in [-0.05, 0) is 53.4 Å². The van der Waals surface area contributed by atoms with Gasteiger partial charge in [-0.3, -0.25) is 0 Å². The summed E-state index contributed by atoms with van der Waals surface area (Å²) in [6.07, 6.45) is -1.80. The molecule has 0 aliphatic heterocycles. The Bertz CT molecular complexity index is 445. The first-order chi connectivity index (χ1) is 8.88. The van der Waals surface area contributed by atoms with Gasteiger partial charge in [0.2, 0.25) is 0 Å². The fourth-order valence-corrected chi connectivity index (χ4v) is 3.01. The minimum atomic E-state index is -4.12. The Morgan fingerprint density at radius 2 is 1.89 bits per heavy atom. The van der Waals surface area contributed by atoms with Gasteiger partial charge in [0, 0.05) is 16.2 Å². The molecule has 1 aromatic carbocycles. The van der Waals surface area contributed by atoms with Crippen LogP contribution in [0.1, 0.15) is 31.2 Å². The molecule has 1 aliphatic carbocycles. The molecule has 1 nitrogen and oxygen atoms in total. The molecule has 1 aromatic rings. The van der Waals surface area contributed by atoms with Crippen molar-refractivity contribution in [3.05, 3.63) is 28.2 Å². The number of nitrogens with one attached hydrogen (secondary N) is 1. The maximum absolute atomic E-state index is 13.0. The largest absolute Gasteiger partial charge is 0.393 e. The molecule has 2 rings (SSSR count). The van der Waals surface area contributed by atoms with Crippen molar-refractivity contribution in [1.29, 1.82) is 0 Å². The lowest BCUT2D eigenvalue weighted by Gasteiger charge is -2.34. The van der Waals surface area contributed by atoms with Crippen molar-refractivity contribution >= 4 is 21.6 Å². The molecule has 0 amide bonds. The molecule has 0 saturated heterocycles. The molecule has 0 spiro atoms. The molecule has 0 bridgehead atoms. The summed E-state index contributed by atoms with van der Waals surface area (Å²) < 4.78 is 39.9. The van der Waals surface area contributed by atoms with E-state index in [0.717, 1.165) is 22.1 Å². The van der Waals surface area contributed by atoms with Gasteiger partial charge in [0.1, 0.15) is 0 Å². The van der Waals surface area contributed by atoms with E-state index < -0.39 is 18.1 Å². The highest BCUT2D eigenvalue weighted by atomic mass is 79.9. The predicted molar refractivity (Wildman–Crippen MR) is 74.3 cm³/mol. The van der Waals surface area contributed by atoms with Gasteiger partial charge in [0.05, 0.1) is 5.92 Å². The molecule has 0 heterocycles. The molecule has 1 fully saturated rings. The fourth-order valence-electron chi connectivity index (χ4n) is 2.64. The summed E-state index contributed by atoms with van der Waals surface area (Å²) in [5.74, 6) is -1.24. The summed E-state index contributed by atoms with van der Waals surface area (Å²) in [6, 6.07) is 5.15. The maximum Gasteiger partial charge on any atom is 0.393 e. The second kappa shape index (κ2) is 5.73. The number of halogens is 4. The van der Waals surface area contributed by atoms with Crippen molar-refractivity contribution in [1.82, 2.24) is 0 Å². The van der Waals surface area contributed by atoms with Crippen LogP contribution < -0.4 is 5.32 Å². The van der Waals surface area contributed by atoms with Gasteiger partial charge in [-0.2, -0.15) is 13.2 Å².